The molecule has 2 aromatic carbocycles. The van der Waals surface area contributed by atoms with Crippen molar-refractivity contribution in [2.45, 2.75) is 42.7 Å². The first-order chi connectivity index (χ1) is 14.9. The summed E-state index contributed by atoms with van der Waals surface area (Å²) in [5.41, 5.74) is 1.55. The zero-order chi connectivity index (χ0) is 21.6. The summed E-state index contributed by atoms with van der Waals surface area (Å²) in [5.74, 6) is -0.0734. The molecule has 1 saturated heterocycles. The van der Waals surface area contributed by atoms with Crippen LogP contribution in [0.2, 0.25) is 0 Å². The highest BCUT2D eigenvalue weighted by atomic mass is 32.2. The molecule has 0 unspecified atom stereocenters. The Kier molecular flexibility index (Phi) is 4.77. The van der Waals surface area contributed by atoms with Gasteiger partial charge in [-0.3, -0.25) is 9.59 Å². The summed E-state index contributed by atoms with van der Waals surface area (Å²) in [5, 5.41) is 5.82. The molecule has 0 bridgehead atoms. The lowest BCUT2D eigenvalue weighted by molar-refractivity contribution is -0.119. The zero-order valence-electron chi connectivity index (χ0n) is 16.7. The van der Waals surface area contributed by atoms with Crippen molar-refractivity contribution in [1.29, 1.82) is 0 Å². The summed E-state index contributed by atoms with van der Waals surface area (Å²) in [7, 11) is -3.75. The molecule has 2 aliphatic heterocycles. The third-order valence-electron chi connectivity index (χ3n) is 5.74. The van der Waals surface area contributed by atoms with Crippen molar-refractivity contribution in [3.8, 4) is 0 Å². The predicted molar refractivity (Wildman–Crippen MR) is 115 cm³/mol. The number of carbonyl (C=O) groups is 2. The van der Waals surface area contributed by atoms with Crippen LogP contribution in [0.1, 0.15) is 41.6 Å². The van der Waals surface area contributed by atoms with E-state index in [2.05, 4.69) is 15.0 Å². The van der Waals surface area contributed by atoms with Gasteiger partial charge in [-0.05, 0) is 56.0 Å². The molecule has 3 aliphatic rings. The van der Waals surface area contributed by atoms with Crippen LogP contribution in [0.15, 0.2) is 57.8 Å². The van der Waals surface area contributed by atoms with Crippen LogP contribution in [0.3, 0.4) is 0 Å². The summed E-state index contributed by atoms with van der Waals surface area (Å²) in [6.45, 7) is 0.546. The normalized spacial score (nSPS) is 21.4. The van der Waals surface area contributed by atoms with Crippen LogP contribution < -0.4 is 10.6 Å². The Labute approximate surface area is 180 Å². The summed E-state index contributed by atoms with van der Waals surface area (Å²) >= 11 is 0. The number of fused-ring (bicyclic) bond motifs is 1. The first-order valence-electron chi connectivity index (χ1n) is 10.4. The van der Waals surface area contributed by atoms with Crippen molar-refractivity contribution in [2.75, 3.05) is 11.9 Å². The third-order valence-corrected chi connectivity index (χ3v) is 7.07. The Morgan fingerprint density at radius 3 is 2.65 bits per heavy atom. The number of rotatable bonds is 4. The largest absolute Gasteiger partial charge is 0.349 e. The van der Waals surface area contributed by atoms with E-state index in [-0.39, 0.29) is 22.8 Å². The Morgan fingerprint density at radius 2 is 1.84 bits per heavy atom. The highest BCUT2D eigenvalue weighted by Gasteiger charge is 2.39. The second-order valence-corrected chi connectivity index (χ2v) is 9.63. The third kappa shape index (κ3) is 3.81. The number of hydrogen-bond donors (Lipinski definition) is 2. The molecule has 31 heavy (non-hydrogen) atoms. The van der Waals surface area contributed by atoms with Gasteiger partial charge in [0.25, 0.3) is 15.9 Å². The Bertz CT molecular complexity index is 1200. The van der Waals surface area contributed by atoms with Crippen LogP contribution in [0.25, 0.3) is 0 Å². The minimum atomic E-state index is -3.75. The smallest absolute Gasteiger partial charge is 0.285 e. The van der Waals surface area contributed by atoms with Crippen LogP contribution in [-0.2, 0) is 14.8 Å². The molecule has 2 fully saturated rings. The fourth-order valence-electron chi connectivity index (χ4n) is 4.05. The molecular formula is C22H22N4O4S. The average Bonchev–Trinajstić information content (AvgIpc) is 3.35. The number of hydrogen-bond acceptors (Lipinski definition) is 5. The first-order valence-corrected chi connectivity index (χ1v) is 11.8. The number of anilines is 1. The van der Waals surface area contributed by atoms with Gasteiger partial charge in [-0.2, -0.15) is 8.42 Å². The Hall–Kier alpha value is -3.20. The van der Waals surface area contributed by atoms with E-state index in [4.69, 9.17) is 0 Å². The maximum Gasteiger partial charge on any atom is 0.285 e. The monoisotopic (exact) mass is 438 g/mol. The minimum absolute atomic E-state index is 0.150. The molecule has 5 rings (SSSR count). The van der Waals surface area contributed by atoms with Gasteiger partial charge in [0.2, 0.25) is 5.91 Å². The lowest BCUT2D eigenvalue weighted by Gasteiger charge is -2.25. The van der Waals surface area contributed by atoms with Gasteiger partial charge in [0.1, 0.15) is 10.9 Å². The van der Waals surface area contributed by atoms with Gasteiger partial charge < -0.3 is 15.5 Å². The summed E-state index contributed by atoms with van der Waals surface area (Å²) < 4.78 is 28.8. The van der Waals surface area contributed by atoms with Gasteiger partial charge in [-0.15, -0.1) is 4.40 Å². The first kappa shape index (κ1) is 19.7. The maximum absolute atomic E-state index is 13.1. The lowest BCUT2D eigenvalue weighted by atomic mass is 10.1. The van der Waals surface area contributed by atoms with E-state index < -0.39 is 16.1 Å². The molecule has 1 aliphatic carbocycles. The fraction of sp³-hybridized carbons (Fsp3) is 0.318. The van der Waals surface area contributed by atoms with Gasteiger partial charge >= 0.3 is 0 Å². The predicted octanol–water partition coefficient (Wildman–Crippen LogP) is 2.13. The van der Waals surface area contributed by atoms with E-state index in [0.29, 0.717) is 35.6 Å². The fourth-order valence-corrected chi connectivity index (χ4v) is 5.27. The molecule has 0 spiro atoms. The van der Waals surface area contributed by atoms with Gasteiger partial charge in [0.05, 0.1) is 0 Å². The van der Waals surface area contributed by atoms with E-state index in [1.165, 1.54) is 6.07 Å². The highest BCUT2D eigenvalue weighted by Crippen LogP contribution is 2.31. The molecule has 1 atom stereocenters. The van der Waals surface area contributed by atoms with Crippen molar-refractivity contribution < 1.29 is 18.0 Å². The number of amides is 2. The van der Waals surface area contributed by atoms with E-state index in [1.807, 2.05) is 0 Å². The number of nitrogens with zero attached hydrogens (tertiary/aromatic N) is 2. The number of carbonyl (C=O) groups excluding carboxylic acids is 2. The number of likely N-dealkylation sites (tertiary alicyclic amines) is 1. The van der Waals surface area contributed by atoms with Crippen LogP contribution in [0.4, 0.5) is 5.69 Å². The standard InChI is InChI=1S/C22H22N4O4S/c27-21(23-15-10-11-15)14-5-3-6-16(13-14)24-22(28)18-8-4-12-26(18)20-17-7-1-2-9-19(17)31(29,30)25-20/h1-3,5-7,9,13,15,18H,4,8,10-12H2,(H,23,27)(H,24,28)/t18-/m0/s1. The van der Waals surface area contributed by atoms with E-state index >= 15 is 0 Å². The highest BCUT2D eigenvalue weighted by molar-refractivity contribution is 7.90. The second kappa shape index (κ2) is 7.49. The average molecular weight is 439 g/mol. The van der Waals surface area contributed by atoms with E-state index in [0.717, 1.165) is 19.3 Å². The molecule has 8 nitrogen and oxygen atoms in total. The molecule has 2 heterocycles. The van der Waals surface area contributed by atoms with Gasteiger partial charge in [0.15, 0.2) is 5.84 Å². The van der Waals surface area contributed by atoms with Gasteiger partial charge in [-0.1, -0.05) is 18.2 Å². The molecule has 160 valence electrons. The SMILES string of the molecule is O=C(NC1CC1)c1cccc(NC(=O)[C@@H]2CCCN2C2=NS(=O)(=O)c3ccccc32)c1. The molecule has 1 saturated carbocycles. The van der Waals surface area contributed by atoms with Crippen molar-refractivity contribution in [2.24, 2.45) is 4.40 Å². The van der Waals surface area contributed by atoms with Gasteiger partial charge in [0, 0.05) is 29.4 Å². The quantitative estimate of drug-likeness (QED) is 0.760. The number of benzene rings is 2. The number of sulfonamides is 1. The number of amidine groups is 1. The topological polar surface area (TPSA) is 108 Å². The lowest BCUT2D eigenvalue weighted by Crippen LogP contribution is -2.43. The Balaban J connectivity index is 1.35. The van der Waals surface area contributed by atoms with Crippen molar-refractivity contribution in [3.63, 3.8) is 0 Å². The van der Waals surface area contributed by atoms with Crippen LogP contribution in [0, 0.1) is 0 Å². The van der Waals surface area contributed by atoms with E-state index in [1.54, 1.807) is 47.4 Å². The van der Waals surface area contributed by atoms with Gasteiger partial charge in [-0.25, -0.2) is 0 Å². The molecule has 0 aromatic heterocycles. The molecule has 9 heteroatoms. The minimum Gasteiger partial charge on any atom is -0.349 e. The van der Waals surface area contributed by atoms with Crippen LogP contribution in [0.5, 0.6) is 0 Å². The second-order valence-electron chi connectivity index (χ2n) is 8.06. The molecule has 2 N–H and O–H groups in total. The van der Waals surface area contributed by atoms with Crippen molar-refractivity contribution in [3.05, 3.63) is 59.7 Å². The Morgan fingerprint density at radius 1 is 1.03 bits per heavy atom. The summed E-state index contributed by atoms with van der Waals surface area (Å²) in [6, 6.07) is 13.2. The van der Waals surface area contributed by atoms with Crippen molar-refractivity contribution >= 4 is 33.4 Å². The van der Waals surface area contributed by atoms with Crippen LogP contribution >= 0.6 is 0 Å². The summed E-state index contributed by atoms with van der Waals surface area (Å²) in [6.07, 6.45) is 3.35. The van der Waals surface area contributed by atoms with Crippen molar-refractivity contribution in [1.82, 2.24) is 10.2 Å². The molecule has 2 aromatic rings. The van der Waals surface area contributed by atoms with Crippen LogP contribution in [-0.4, -0.2) is 49.6 Å². The molecule has 2 amide bonds. The number of nitrogens with one attached hydrogen (secondary N) is 2. The molecular weight excluding hydrogens is 416 g/mol. The maximum atomic E-state index is 13.1. The summed E-state index contributed by atoms with van der Waals surface area (Å²) in [4.78, 5) is 27.3. The zero-order valence-corrected chi connectivity index (χ0v) is 17.6. The van der Waals surface area contributed by atoms with E-state index in [9.17, 15) is 18.0 Å². The molecule has 0 radical (unpaired) electrons.